The highest BCUT2D eigenvalue weighted by Gasteiger charge is 2.08. The number of hydrogen-bond donors (Lipinski definition) is 1. The molecule has 0 aliphatic heterocycles. The minimum Gasteiger partial charge on any atom is -0.429 e. The van der Waals surface area contributed by atoms with Gasteiger partial charge >= 0.3 is 0 Å². The van der Waals surface area contributed by atoms with Gasteiger partial charge in [-0.25, -0.2) is 4.34 Å². The van der Waals surface area contributed by atoms with Gasteiger partial charge in [-0.3, -0.25) is 4.57 Å². The Kier molecular flexibility index (Phi) is 2.07. The van der Waals surface area contributed by atoms with Crippen LogP contribution >= 0.6 is 20.4 Å². The molecule has 1 unspecified atom stereocenters. The van der Waals surface area contributed by atoms with Gasteiger partial charge in [-0.2, -0.15) is 0 Å². The number of hydrogen-bond acceptors (Lipinski definition) is 3. The fourth-order valence-electron chi connectivity index (χ4n) is 1.15. The second kappa shape index (κ2) is 3.10. The molecule has 6 heteroatoms. The standard InChI is InChI=1S/C7H6NO3PS/c9-12(10)8-5-3-1-2-4-6(5)11-7(8)13/h1-4,12H,(H,9,10). The molecule has 68 valence electrons. The summed E-state index contributed by atoms with van der Waals surface area (Å²) in [5.41, 5.74) is 1.08. The zero-order chi connectivity index (χ0) is 9.42. The Morgan fingerprint density at radius 1 is 1.46 bits per heavy atom. The average molecular weight is 215 g/mol. The van der Waals surface area contributed by atoms with Gasteiger partial charge in [0, 0.05) is 0 Å². The molecule has 1 aromatic carbocycles. The lowest BCUT2D eigenvalue weighted by molar-refractivity contribution is 0.487. The molecule has 0 aliphatic carbocycles. The van der Waals surface area contributed by atoms with E-state index >= 15 is 0 Å². The third kappa shape index (κ3) is 1.35. The molecule has 0 aliphatic rings. The van der Waals surface area contributed by atoms with Gasteiger partial charge in [0.2, 0.25) is 0 Å². The van der Waals surface area contributed by atoms with Crippen LogP contribution in [0.15, 0.2) is 28.7 Å². The van der Waals surface area contributed by atoms with Crippen LogP contribution in [0.2, 0.25) is 0 Å². The van der Waals surface area contributed by atoms with Crippen LogP contribution in [0.1, 0.15) is 0 Å². The predicted octanol–water partition coefficient (Wildman–Crippen LogP) is 2.19. The number of oxazole rings is 1. The molecule has 1 atom stereocenters. The molecule has 4 nitrogen and oxygen atoms in total. The molecule has 1 aromatic heterocycles. The summed E-state index contributed by atoms with van der Waals surface area (Å²) in [6.45, 7) is 0. The largest absolute Gasteiger partial charge is 0.429 e. The highest BCUT2D eigenvalue weighted by atomic mass is 32.1. The topological polar surface area (TPSA) is 55.4 Å². The molecule has 13 heavy (non-hydrogen) atoms. The summed E-state index contributed by atoms with van der Waals surface area (Å²) < 4.78 is 17.1. The maximum atomic E-state index is 10.9. The Labute approximate surface area is 79.3 Å². The lowest BCUT2D eigenvalue weighted by Gasteiger charge is -1.94. The molecule has 1 heterocycles. The van der Waals surface area contributed by atoms with Crippen LogP contribution in [-0.4, -0.2) is 9.23 Å². The molecule has 2 rings (SSSR count). The number of fused-ring (bicyclic) bond motifs is 1. The molecule has 0 saturated carbocycles. The van der Waals surface area contributed by atoms with Crippen LogP contribution in [0.5, 0.6) is 0 Å². The van der Waals surface area contributed by atoms with Crippen molar-refractivity contribution in [1.82, 2.24) is 4.34 Å². The normalized spacial score (nSPS) is 13.3. The van der Waals surface area contributed by atoms with Crippen molar-refractivity contribution in [3.8, 4) is 0 Å². The van der Waals surface area contributed by atoms with Crippen molar-refractivity contribution in [3.63, 3.8) is 0 Å². The molecule has 0 fully saturated rings. The monoisotopic (exact) mass is 215 g/mol. The maximum Gasteiger partial charge on any atom is 0.289 e. The van der Waals surface area contributed by atoms with Gasteiger partial charge in [0.15, 0.2) is 5.58 Å². The van der Waals surface area contributed by atoms with Crippen molar-refractivity contribution in [3.05, 3.63) is 29.1 Å². The van der Waals surface area contributed by atoms with E-state index in [0.29, 0.717) is 11.1 Å². The zero-order valence-electron chi connectivity index (χ0n) is 6.43. The van der Waals surface area contributed by atoms with Gasteiger partial charge in [-0.05, 0) is 24.4 Å². The van der Waals surface area contributed by atoms with Crippen LogP contribution < -0.4 is 0 Å². The fourth-order valence-corrected chi connectivity index (χ4v) is 2.16. The van der Waals surface area contributed by atoms with E-state index in [2.05, 4.69) is 0 Å². The second-order valence-electron chi connectivity index (χ2n) is 2.45. The molecule has 2 aromatic rings. The third-order valence-electron chi connectivity index (χ3n) is 1.68. The fraction of sp³-hybridized carbons (Fsp3) is 0. The van der Waals surface area contributed by atoms with Gasteiger partial charge in [0.05, 0.1) is 5.52 Å². The van der Waals surface area contributed by atoms with Gasteiger partial charge in [0.1, 0.15) is 0 Å². The molecular formula is C7H6NO3PS. The minimum atomic E-state index is -2.86. The molecule has 1 N–H and O–H groups in total. The Bertz CT molecular complexity index is 530. The first kappa shape index (κ1) is 8.69. The van der Waals surface area contributed by atoms with E-state index in [-0.39, 0.29) is 4.84 Å². The van der Waals surface area contributed by atoms with E-state index in [1.807, 2.05) is 0 Å². The van der Waals surface area contributed by atoms with E-state index in [1.165, 1.54) is 0 Å². The van der Waals surface area contributed by atoms with E-state index < -0.39 is 8.18 Å². The van der Waals surface area contributed by atoms with Crippen LogP contribution in [0.25, 0.3) is 11.1 Å². The first-order valence-electron chi connectivity index (χ1n) is 3.54. The first-order valence-corrected chi connectivity index (χ1v) is 5.25. The van der Waals surface area contributed by atoms with E-state index in [1.54, 1.807) is 24.3 Å². The summed E-state index contributed by atoms with van der Waals surface area (Å²) in [5.74, 6) is 0. The van der Waals surface area contributed by atoms with Gasteiger partial charge in [-0.15, -0.1) is 0 Å². The highest BCUT2D eigenvalue weighted by Crippen LogP contribution is 2.27. The van der Waals surface area contributed by atoms with E-state index in [9.17, 15) is 4.57 Å². The van der Waals surface area contributed by atoms with Crippen LogP contribution in [-0.2, 0) is 4.57 Å². The smallest absolute Gasteiger partial charge is 0.289 e. The first-order chi connectivity index (χ1) is 6.20. The summed E-state index contributed by atoms with van der Waals surface area (Å²) in [5, 5.41) is 0. The van der Waals surface area contributed by atoms with Crippen LogP contribution in [0, 0.1) is 4.84 Å². The SMILES string of the molecule is O=[PH](O)n1c(=S)oc2ccccc21. The average Bonchev–Trinajstić information content (AvgIpc) is 2.39. The van der Waals surface area contributed by atoms with E-state index in [4.69, 9.17) is 21.5 Å². The molecule has 0 saturated heterocycles. The summed E-state index contributed by atoms with van der Waals surface area (Å²) in [4.78, 5) is 9.01. The molecular weight excluding hydrogens is 209 g/mol. The Morgan fingerprint density at radius 2 is 2.15 bits per heavy atom. The second-order valence-corrected chi connectivity index (χ2v) is 3.82. The van der Waals surface area contributed by atoms with E-state index in [0.717, 1.165) is 4.34 Å². The summed E-state index contributed by atoms with van der Waals surface area (Å²) in [6, 6.07) is 6.92. The lowest BCUT2D eigenvalue weighted by Crippen LogP contribution is -1.83. The highest BCUT2D eigenvalue weighted by molar-refractivity contribution is 7.71. The van der Waals surface area contributed by atoms with Gasteiger partial charge < -0.3 is 9.31 Å². The van der Waals surface area contributed by atoms with Crippen molar-refractivity contribution < 1.29 is 13.9 Å². The van der Waals surface area contributed by atoms with Crippen molar-refractivity contribution in [1.29, 1.82) is 0 Å². The van der Waals surface area contributed by atoms with Crippen molar-refractivity contribution in [2.75, 3.05) is 0 Å². The van der Waals surface area contributed by atoms with Gasteiger partial charge in [0.25, 0.3) is 13.0 Å². The number of rotatable bonds is 1. The maximum absolute atomic E-state index is 10.9. The summed E-state index contributed by atoms with van der Waals surface area (Å²) >= 11 is 4.79. The quantitative estimate of drug-likeness (QED) is 0.585. The van der Waals surface area contributed by atoms with Crippen molar-refractivity contribution in [2.45, 2.75) is 0 Å². The summed E-state index contributed by atoms with van der Waals surface area (Å²) in [6.07, 6.45) is 0. The minimum absolute atomic E-state index is 0.0348. The predicted molar refractivity (Wildman–Crippen MR) is 51.7 cm³/mol. The Morgan fingerprint density at radius 3 is 2.85 bits per heavy atom. The van der Waals surface area contributed by atoms with Crippen LogP contribution in [0.3, 0.4) is 0 Å². The van der Waals surface area contributed by atoms with Gasteiger partial charge in [-0.1, -0.05) is 12.1 Å². The molecule has 0 bridgehead atoms. The van der Waals surface area contributed by atoms with Crippen LogP contribution in [0.4, 0.5) is 0 Å². The molecule has 0 spiro atoms. The molecule has 0 amide bonds. The lowest BCUT2D eigenvalue weighted by atomic mass is 10.3. The number of aromatic nitrogens is 1. The third-order valence-corrected chi connectivity index (χ3v) is 2.93. The molecule has 0 radical (unpaired) electrons. The number of nitrogens with zero attached hydrogens (tertiary/aromatic N) is 1. The van der Waals surface area contributed by atoms with Crippen molar-refractivity contribution >= 4 is 31.5 Å². The number of para-hydroxylation sites is 2. The number of benzene rings is 1. The Hall–Kier alpha value is -0.900. The Balaban J connectivity index is 2.95. The van der Waals surface area contributed by atoms with Crippen molar-refractivity contribution in [2.24, 2.45) is 0 Å². The summed E-state index contributed by atoms with van der Waals surface area (Å²) in [7, 11) is -2.86. The zero-order valence-corrected chi connectivity index (χ0v) is 8.25.